The average Bonchev–Trinajstić information content (AvgIpc) is 2.11. The van der Waals surface area contributed by atoms with Crippen LogP contribution in [0.5, 0.6) is 5.75 Å². The molecule has 0 aliphatic rings. The molecular formula is C9H6FNO2. The molecule has 66 valence electrons. The molecule has 0 unspecified atom stereocenters. The smallest absolute Gasteiger partial charge is 0.300 e. The maximum absolute atomic E-state index is 12.7. The van der Waals surface area contributed by atoms with Gasteiger partial charge in [-0.2, -0.15) is 0 Å². The Balaban J connectivity index is 2.87. The van der Waals surface area contributed by atoms with Gasteiger partial charge in [0.25, 0.3) is 5.91 Å². The second-order valence-electron chi connectivity index (χ2n) is 2.26. The number of aromatic hydroxyl groups is 1. The van der Waals surface area contributed by atoms with Crippen molar-refractivity contribution in [2.24, 2.45) is 0 Å². The molecule has 0 aliphatic heterocycles. The van der Waals surface area contributed by atoms with Crippen LogP contribution < -0.4 is 5.32 Å². The largest absolute Gasteiger partial charge is 0.505 e. The summed E-state index contributed by atoms with van der Waals surface area (Å²) in [6.45, 7) is 0. The Bertz CT molecular complexity index is 382. The van der Waals surface area contributed by atoms with Crippen LogP contribution in [0.2, 0.25) is 0 Å². The predicted octanol–water partition coefficient (Wildman–Crippen LogP) is 1.10. The molecule has 1 rings (SSSR count). The van der Waals surface area contributed by atoms with Crippen molar-refractivity contribution in [3.63, 3.8) is 0 Å². The normalized spacial score (nSPS) is 8.92. The van der Waals surface area contributed by atoms with Gasteiger partial charge in [-0.3, -0.25) is 4.79 Å². The number of amides is 1. The molecular weight excluding hydrogens is 173 g/mol. The lowest BCUT2D eigenvalue weighted by Crippen LogP contribution is -2.07. The molecule has 1 aromatic rings. The lowest BCUT2D eigenvalue weighted by atomic mass is 10.3. The first kappa shape index (κ1) is 9.07. The summed E-state index contributed by atoms with van der Waals surface area (Å²) < 4.78 is 12.7. The number of benzene rings is 1. The van der Waals surface area contributed by atoms with Gasteiger partial charge in [0.15, 0.2) is 11.6 Å². The lowest BCUT2D eigenvalue weighted by Gasteiger charge is -2.01. The van der Waals surface area contributed by atoms with Gasteiger partial charge in [0, 0.05) is 11.8 Å². The van der Waals surface area contributed by atoms with Crippen molar-refractivity contribution in [3.05, 3.63) is 24.0 Å². The highest BCUT2D eigenvalue weighted by Crippen LogP contribution is 2.18. The zero-order valence-corrected chi connectivity index (χ0v) is 6.54. The third-order valence-electron chi connectivity index (χ3n) is 1.34. The zero-order chi connectivity index (χ0) is 9.84. The number of carbonyl (C=O) groups is 1. The maximum atomic E-state index is 12.7. The van der Waals surface area contributed by atoms with Gasteiger partial charge >= 0.3 is 0 Å². The summed E-state index contributed by atoms with van der Waals surface area (Å²) in [6, 6.07) is 3.44. The summed E-state index contributed by atoms with van der Waals surface area (Å²) >= 11 is 0. The maximum Gasteiger partial charge on any atom is 0.300 e. The summed E-state index contributed by atoms with van der Waals surface area (Å²) in [5.74, 6) is -0.133. The van der Waals surface area contributed by atoms with E-state index in [-0.39, 0.29) is 5.69 Å². The number of hydrogen-bond acceptors (Lipinski definition) is 2. The summed E-state index contributed by atoms with van der Waals surface area (Å²) in [7, 11) is 0. The number of halogens is 1. The highest BCUT2D eigenvalue weighted by atomic mass is 19.1. The van der Waals surface area contributed by atoms with Crippen molar-refractivity contribution in [1.82, 2.24) is 0 Å². The standard InChI is InChI=1S/C9H6FNO2/c1-2-9(13)11-6-3-4-8(12)7(10)5-6/h1,3-5,12H,(H,11,13). The quantitative estimate of drug-likeness (QED) is 0.501. The Morgan fingerprint density at radius 1 is 1.62 bits per heavy atom. The number of carbonyl (C=O) groups excluding carboxylic acids is 1. The van der Waals surface area contributed by atoms with E-state index in [1.54, 1.807) is 0 Å². The van der Waals surface area contributed by atoms with Crippen molar-refractivity contribution in [2.75, 3.05) is 5.32 Å². The predicted molar refractivity (Wildman–Crippen MR) is 45.5 cm³/mol. The van der Waals surface area contributed by atoms with Gasteiger partial charge in [-0.15, -0.1) is 6.42 Å². The van der Waals surface area contributed by atoms with E-state index in [1.165, 1.54) is 6.07 Å². The molecule has 0 aliphatic carbocycles. The van der Waals surface area contributed by atoms with Gasteiger partial charge in [0.2, 0.25) is 0 Å². The van der Waals surface area contributed by atoms with Crippen molar-refractivity contribution in [3.8, 4) is 18.1 Å². The number of nitrogens with one attached hydrogen (secondary N) is 1. The molecule has 3 nitrogen and oxygen atoms in total. The minimum Gasteiger partial charge on any atom is -0.505 e. The minimum absolute atomic E-state index is 0.207. The molecule has 13 heavy (non-hydrogen) atoms. The molecule has 0 spiro atoms. The van der Waals surface area contributed by atoms with Crippen LogP contribution in [0.1, 0.15) is 0 Å². The molecule has 0 aromatic heterocycles. The van der Waals surface area contributed by atoms with E-state index in [9.17, 15) is 9.18 Å². The average molecular weight is 179 g/mol. The number of terminal acetylenes is 1. The van der Waals surface area contributed by atoms with E-state index in [0.717, 1.165) is 12.1 Å². The fourth-order valence-corrected chi connectivity index (χ4v) is 0.752. The van der Waals surface area contributed by atoms with Gasteiger partial charge in [-0.25, -0.2) is 4.39 Å². The van der Waals surface area contributed by atoms with E-state index in [0.29, 0.717) is 0 Å². The minimum atomic E-state index is -0.810. The molecule has 4 heteroatoms. The van der Waals surface area contributed by atoms with E-state index >= 15 is 0 Å². The number of phenolic OH excluding ortho intramolecular Hbond substituents is 1. The second kappa shape index (κ2) is 3.59. The van der Waals surface area contributed by atoms with Crippen LogP contribution in [0.4, 0.5) is 10.1 Å². The van der Waals surface area contributed by atoms with Crippen LogP contribution in [-0.2, 0) is 4.79 Å². The fourth-order valence-electron chi connectivity index (χ4n) is 0.752. The van der Waals surface area contributed by atoms with Crippen LogP contribution in [0.3, 0.4) is 0 Å². The Hall–Kier alpha value is -2.02. The molecule has 0 atom stereocenters. The van der Waals surface area contributed by atoms with E-state index in [1.807, 2.05) is 5.92 Å². The van der Waals surface area contributed by atoms with Crippen LogP contribution in [0, 0.1) is 18.2 Å². The topological polar surface area (TPSA) is 49.3 Å². The van der Waals surface area contributed by atoms with Crippen LogP contribution in [-0.4, -0.2) is 11.0 Å². The van der Waals surface area contributed by atoms with Crippen LogP contribution >= 0.6 is 0 Å². The number of phenols is 1. The third-order valence-corrected chi connectivity index (χ3v) is 1.34. The summed E-state index contributed by atoms with van der Waals surface area (Å²) in [6.07, 6.45) is 4.78. The van der Waals surface area contributed by atoms with Crippen LogP contribution in [0.15, 0.2) is 18.2 Å². The zero-order valence-electron chi connectivity index (χ0n) is 6.54. The highest BCUT2D eigenvalue weighted by molar-refractivity contribution is 6.03. The summed E-state index contributed by atoms with van der Waals surface area (Å²) in [5.41, 5.74) is 0.207. The Morgan fingerprint density at radius 3 is 2.85 bits per heavy atom. The molecule has 1 aromatic carbocycles. The lowest BCUT2D eigenvalue weighted by molar-refractivity contribution is -0.111. The van der Waals surface area contributed by atoms with Crippen molar-refractivity contribution in [1.29, 1.82) is 0 Å². The summed E-state index contributed by atoms with van der Waals surface area (Å²) in [5, 5.41) is 11.0. The van der Waals surface area contributed by atoms with Gasteiger partial charge in [0.1, 0.15) is 0 Å². The van der Waals surface area contributed by atoms with E-state index in [4.69, 9.17) is 11.5 Å². The first-order valence-electron chi connectivity index (χ1n) is 3.39. The molecule has 0 heterocycles. The fraction of sp³-hybridized carbons (Fsp3) is 0. The van der Waals surface area contributed by atoms with Crippen LogP contribution in [0.25, 0.3) is 0 Å². The van der Waals surface area contributed by atoms with E-state index < -0.39 is 17.5 Å². The monoisotopic (exact) mass is 179 g/mol. The van der Waals surface area contributed by atoms with Gasteiger partial charge in [-0.1, -0.05) is 0 Å². The molecule has 2 N–H and O–H groups in total. The van der Waals surface area contributed by atoms with Gasteiger partial charge in [-0.05, 0) is 18.1 Å². The van der Waals surface area contributed by atoms with Crippen molar-refractivity contribution < 1.29 is 14.3 Å². The van der Waals surface area contributed by atoms with Gasteiger partial charge < -0.3 is 10.4 Å². The Morgan fingerprint density at radius 2 is 2.31 bits per heavy atom. The number of hydrogen-bond donors (Lipinski definition) is 2. The SMILES string of the molecule is C#CC(=O)Nc1ccc(O)c(F)c1. The number of rotatable bonds is 1. The Kier molecular flexibility index (Phi) is 2.50. The first-order valence-corrected chi connectivity index (χ1v) is 3.39. The molecule has 0 saturated heterocycles. The second-order valence-corrected chi connectivity index (χ2v) is 2.26. The molecule has 0 radical (unpaired) electrons. The number of anilines is 1. The molecule has 0 saturated carbocycles. The highest BCUT2D eigenvalue weighted by Gasteiger charge is 2.02. The third kappa shape index (κ3) is 2.20. The summed E-state index contributed by atoms with van der Waals surface area (Å²) in [4.78, 5) is 10.6. The van der Waals surface area contributed by atoms with E-state index in [2.05, 4.69) is 5.32 Å². The molecule has 1 amide bonds. The first-order chi connectivity index (χ1) is 6.13. The van der Waals surface area contributed by atoms with Crippen molar-refractivity contribution in [2.45, 2.75) is 0 Å². The molecule has 0 fully saturated rings. The van der Waals surface area contributed by atoms with Gasteiger partial charge in [0.05, 0.1) is 0 Å². The molecule has 0 bridgehead atoms. The van der Waals surface area contributed by atoms with Crippen molar-refractivity contribution >= 4 is 11.6 Å². The Labute approximate surface area is 74.2 Å².